The van der Waals surface area contributed by atoms with Gasteiger partial charge in [0.05, 0.1) is 12.6 Å². The van der Waals surface area contributed by atoms with Gasteiger partial charge in [0.15, 0.2) is 5.96 Å². The van der Waals surface area contributed by atoms with Crippen LogP contribution in [0.2, 0.25) is 0 Å². The summed E-state index contributed by atoms with van der Waals surface area (Å²) in [4.78, 5) is 65.0. The van der Waals surface area contributed by atoms with Crippen LogP contribution >= 0.6 is 12.6 Å². The average molecular weight is 564 g/mol. The minimum absolute atomic E-state index is 0.0882. The Kier molecular flexibility index (Phi) is 17.4. The van der Waals surface area contributed by atoms with Gasteiger partial charge in [-0.1, -0.05) is 0 Å². The number of guanidine groups is 1. The fraction of sp³-hybridized carbons (Fsp3) is 0.714. The summed E-state index contributed by atoms with van der Waals surface area (Å²) in [5, 5.41) is 28.3. The molecule has 0 aromatic rings. The summed E-state index contributed by atoms with van der Waals surface area (Å²) in [6, 6.07) is -4.74. The SMILES string of the molecule is C[C@@H](O)[C@H](N)C(=O)N[C@@H](CCCN=C(N)N)C(=O)NCC(=O)N[C@@H](CS)C(=O)N[C@@H](CCCCN)C(=O)O. The van der Waals surface area contributed by atoms with Crippen molar-refractivity contribution in [2.24, 2.45) is 27.9 Å². The van der Waals surface area contributed by atoms with Gasteiger partial charge >= 0.3 is 5.97 Å². The Hall–Kier alpha value is -3.15. The number of carbonyl (C=O) groups is 5. The molecule has 16 nitrogen and oxygen atoms in total. The van der Waals surface area contributed by atoms with Crippen molar-refractivity contribution >= 4 is 48.2 Å². The highest BCUT2D eigenvalue weighted by Gasteiger charge is 2.28. The van der Waals surface area contributed by atoms with E-state index in [2.05, 4.69) is 38.9 Å². The van der Waals surface area contributed by atoms with Crippen molar-refractivity contribution in [3.8, 4) is 0 Å². The highest BCUT2D eigenvalue weighted by atomic mass is 32.1. The Balaban J connectivity index is 5.07. The maximum atomic E-state index is 12.7. The monoisotopic (exact) mass is 563 g/mol. The summed E-state index contributed by atoms with van der Waals surface area (Å²) in [6.07, 6.45) is 0.457. The van der Waals surface area contributed by atoms with E-state index in [0.717, 1.165) is 0 Å². The van der Waals surface area contributed by atoms with Crippen molar-refractivity contribution in [2.45, 2.75) is 69.3 Å². The zero-order valence-corrected chi connectivity index (χ0v) is 22.3. The number of nitrogens with one attached hydrogen (secondary N) is 4. The quantitative estimate of drug-likeness (QED) is 0.0308. The van der Waals surface area contributed by atoms with Crippen LogP contribution in [-0.4, -0.2) is 101 Å². The molecule has 0 rings (SSSR count). The molecule has 218 valence electrons. The molecule has 0 aliphatic carbocycles. The number of nitrogens with zero attached hydrogens (tertiary/aromatic N) is 1. The number of amides is 4. The van der Waals surface area contributed by atoms with E-state index in [4.69, 9.17) is 22.9 Å². The first-order chi connectivity index (χ1) is 17.8. The van der Waals surface area contributed by atoms with Crippen LogP contribution in [0.1, 0.15) is 39.0 Å². The fourth-order valence-electron chi connectivity index (χ4n) is 3.01. The van der Waals surface area contributed by atoms with E-state index in [1.54, 1.807) is 0 Å². The Morgan fingerprint density at radius 2 is 1.50 bits per heavy atom. The molecular formula is C21H41N9O7S. The molecular weight excluding hydrogens is 522 g/mol. The first-order valence-corrected chi connectivity index (χ1v) is 12.7. The molecule has 0 spiro atoms. The van der Waals surface area contributed by atoms with Gasteiger partial charge in [-0.2, -0.15) is 12.6 Å². The van der Waals surface area contributed by atoms with Gasteiger partial charge in [-0.05, 0) is 45.6 Å². The summed E-state index contributed by atoms with van der Waals surface area (Å²) in [6.45, 7) is 1.32. The fourth-order valence-corrected chi connectivity index (χ4v) is 3.27. The number of thiol groups is 1. The maximum absolute atomic E-state index is 12.7. The lowest BCUT2D eigenvalue weighted by Gasteiger charge is -2.22. The van der Waals surface area contributed by atoms with E-state index in [1.165, 1.54) is 6.92 Å². The second-order valence-electron chi connectivity index (χ2n) is 8.48. The second kappa shape index (κ2) is 19.0. The van der Waals surface area contributed by atoms with Gasteiger partial charge in [0.2, 0.25) is 23.6 Å². The van der Waals surface area contributed by atoms with Gasteiger partial charge in [0.25, 0.3) is 0 Å². The number of hydrogen-bond acceptors (Lipinski definition) is 10. The highest BCUT2D eigenvalue weighted by molar-refractivity contribution is 7.80. The minimum Gasteiger partial charge on any atom is -0.480 e. The number of carboxylic acids is 1. The molecule has 0 aromatic carbocycles. The topological polar surface area (TPSA) is 290 Å². The molecule has 0 fully saturated rings. The molecule has 0 saturated carbocycles. The summed E-state index contributed by atoms with van der Waals surface area (Å²) in [5.74, 6) is -4.52. The molecule has 14 N–H and O–H groups in total. The van der Waals surface area contributed by atoms with Gasteiger partial charge in [0, 0.05) is 12.3 Å². The first kappa shape index (κ1) is 34.9. The van der Waals surface area contributed by atoms with Crippen LogP contribution in [0.4, 0.5) is 0 Å². The summed E-state index contributed by atoms with van der Waals surface area (Å²) < 4.78 is 0. The molecule has 0 bridgehead atoms. The minimum atomic E-state index is -1.29. The van der Waals surface area contributed by atoms with Crippen LogP contribution in [0.5, 0.6) is 0 Å². The molecule has 5 atom stereocenters. The van der Waals surface area contributed by atoms with E-state index in [0.29, 0.717) is 25.8 Å². The van der Waals surface area contributed by atoms with Crippen LogP contribution in [0.3, 0.4) is 0 Å². The number of nitrogens with two attached hydrogens (primary N) is 4. The van der Waals surface area contributed by atoms with Crippen molar-refractivity contribution in [3.05, 3.63) is 0 Å². The van der Waals surface area contributed by atoms with Crippen LogP contribution in [-0.2, 0) is 24.0 Å². The molecule has 0 aliphatic heterocycles. The second-order valence-corrected chi connectivity index (χ2v) is 8.85. The number of aliphatic hydroxyl groups excluding tert-OH is 1. The third kappa shape index (κ3) is 14.6. The van der Waals surface area contributed by atoms with Crippen molar-refractivity contribution in [2.75, 3.05) is 25.4 Å². The summed E-state index contributed by atoms with van der Waals surface area (Å²) in [5.41, 5.74) is 21.5. The molecule has 0 aliphatic rings. The zero-order valence-electron chi connectivity index (χ0n) is 21.4. The molecule has 0 saturated heterocycles. The number of aliphatic hydroxyl groups is 1. The number of hydrogen-bond donors (Lipinski definition) is 11. The summed E-state index contributed by atoms with van der Waals surface area (Å²) >= 11 is 4.03. The van der Waals surface area contributed by atoms with Gasteiger partial charge in [-0.25, -0.2) is 4.79 Å². The highest BCUT2D eigenvalue weighted by Crippen LogP contribution is 2.03. The number of rotatable bonds is 19. The van der Waals surface area contributed by atoms with Crippen LogP contribution in [0.25, 0.3) is 0 Å². The standard InChI is InChI=1S/C21H41N9O7S/c1-11(31)16(23)19(35)29-12(6-4-8-26-21(24)25)17(33)27-9-15(32)28-14(10-38)18(34)30-13(20(36)37)5-2-3-7-22/h11-14,16,31,38H,2-10,22-23H2,1H3,(H,27,33)(H,28,32)(H,29,35)(H,30,34)(H,36,37)(H4,24,25,26)/t11-,12+,13+,14+,16+/m1/s1. The predicted molar refractivity (Wildman–Crippen MR) is 143 cm³/mol. The van der Waals surface area contributed by atoms with Crippen molar-refractivity contribution in [1.82, 2.24) is 21.3 Å². The third-order valence-corrected chi connectivity index (χ3v) is 5.58. The average Bonchev–Trinajstić information content (AvgIpc) is 2.85. The summed E-state index contributed by atoms with van der Waals surface area (Å²) in [7, 11) is 0. The van der Waals surface area contributed by atoms with Gasteiger partial charge in [0.1, 0.15) is 24.2 Å². The molecule has 0 radical (unpaired) electrons. The molecule has 17 heteroatoms. The lowest BCUT2D eigenvalue weighted by Crippen LogP contribution is -2.56. The lowest BCUT2D eigenvalue weighted by atomic mass is 10.1. The van der Waals surface area contributed by atoms with E-state index >= 15 is 0 Å². The maximum Gasteiger partial charge on any atom is 0.326 e. The Morgan fingerprint density at radius 3 is 2.03 bits per heavy atom. The first-order valence-electron chi connectivity index (χ1n) is 12.0. The molecule has 38 heavy (non-hydrogen) atoms. The molecule has 0 aromatic heterocycles. The predicted octanol–water partition coefficient (Wildman–Crippen LogP) is -4.54. The van der Waals surface area contributed by atoms with E-state index < -0.39 is 66.4 Å². The van der Waals surface area contributed by atoms with E-state index in [1.807, 2.05) is 0 Å². The van der Waals surface area contributed by atoms with Crippen molar-refractivity contribution in [3.63, 3.8) is 0 Å². The van der Waals surface area contributed by atoms with Crippen LogP contribution in [0, 0.1) is 0 Å². The molecule has 4 amide bonds. The Bertz CT molecular complexity index is 825. The Labute approximate surface area is 226 Å². The number of carboxylic acid groups (broad SMARTS) is 1. The van der Waals surface area contributed by atoms with E-state index in [-0.39, 0.29) is 31.1 Å². The van der Waals surface area contributed by atoms with Crippen molar-refractivity contribution < 1.29 is 34.2 Å². The molecule has 0 unspecified atom stereocenters. The smallest absolute Gasteiger partial charge is 0.326 e. The number of carbonyl (C=O) groups excluding carboxylic acids is 4. The van der Waals surface area contributed by atoms with Crippen LogP contribution in [0.15, 0.2) is 4.99 Å². The zero-order chi connectivity index (χ0) is 29.3. The molecule has 0 heterocycles. The number of unbranched alkanes of at least 4 members (excludes halogenated alkanes) is 1. The van der Waals surface area contributed by atoms with Gasteiger partial charge < -0.3 is 54.4 Å². The Morgan fingerprint density at radius 1 is 0.895 bits per heavy atom. The van der Waals surface area contributed by atoms with Crippen molar-refractivity contribution in [1.29, 1.82) is 0 Å². The van der Waals surface area contributed by atoms with Gasteiger partial charge in [-0.15, -0.1) is 0 Å². The van der Waals surface area contributed by atoms with E-state index in [9.17, 15) is 34.2 Å². The number of aliphatic imine (C=N–C) groups is 1. The lowest BCUT2D eigenvalue weighted by molar-refractivity contribution is -0.142. The normalized spacial score (nSPS) is 14.7. The largest absolute Gasteiger partial charge is 0.480 e. The third-order valence-electron chi connectivity index (χ3n) is 5.22. The van der Waals surface area contributed by atoms with Gasteiger partial charge in [-0.3, -0.25) is 24.2 Å². The van der Waals surface area contributed by atoms with Crippen LogP contribution < -0.4 is 44.2 Å². The number of aliphatic carboxylic acids is 1.